The molecule has 140 valence electrons. The third-order valence-electron chi connectivity index (χ3n) is 4.25. The van der Waals surface area contributed by atoms with Crippen molar-refractivity contribution in [3.05, 3.63) is 78.1 Å². The smallest absolute Gasteiger partial charge is 0.283 e. The van der Waals surface area contributed by atoms with Crippen molar-refractivity contribution >= 4 is 11.6 Å². The van der Waals surface area contributed by atoms with Crippen LogP contribution in [0.5, 0.6) is 0 Å². The minimum atomic E-state index is -0.156. The van der Waals surface area contributed by atoms with E-state index in [9.17, 15) is 4.79 Å². The summed E-state index contributed by atoms with van der Waals surface area (Å²) < 4.78 is 10.9. The van der Waals surface area contributed by atoms with Gasteiger partial charge in [-0.3, -0.25) is 4.79 Å². The number of nitrogens with zero attached hydrogens (tertiary/aromatic N) is 2. The first kappa shape index (κ1) is 17.7. The Kier molecular flexibility index (Phi) is 5.01. The molecule has 6 heteroatoms. The van der Waals surface area contributed by atoms with E-state index in [0.717, 1.165) is 18.4 Å². The Hall–Kier alpha value is -3.67. The van der Waals surface area contributed by atoms with Crippen LogP contribution in [0.25, 0.3) is 23.1 Å². The van der Waals surface area contributed by atoms with Crippen LogP contribution in [0.3, 0.4) is 0 Å². The lowest BCUT2D eigenvalue weighted by Crippen LogP contribution is -2.12. The van der Waals surface area contributed by atoms with E-state index in [1.165, 1.54) is 0 Å². The third-order valence-corrected chi connectivity index (χ3v) is 4.25. The molecule has 0 atom stereocenters. The van der Waals surface area contributed by atoms with E-state index in [1.54, 1.807) is 24.5 Å². The molecule has 0 bridgehead atoms. The molecule has 1 N–H and O–H groups in total. The van der Waals surface area contributed by atoms with Crippen LogP contribution in [0.15, 0.2) is 75.8 Å². The topological polar surface area (TPSA) is 81.2 Å². The zero-order chi connectivity index (χ0) is 19.3. The number of nitrogens with one attached hydrogen (secondary N) is 1. The molecule has 6 nitrogen and oxygen atoms in total. The second-order valence-electron chi connectivity index (χ2n) is 6.37. The average molecular weight is 373 g/mol. The molecule has 4 aromatic rings. The van der Waals surface area contributed by atoms with Crippen LogP contribution in [0.4, 0.5) is 5.69 Å². The summed E-state index contributed by atoms with van der Waals surface area (Å²) in [5, 5.41) is 11.0. The number of hydrogen-bond acceptors (Lipinski definition) is 5. The van der Waals surface area contributed by atoms with Gasteiger partial charge in [-0.1, -0.05) is 31.5 Å². The molecule has 0 unspecified atom stereocenters. The summed E-state index contributed by atoms with van der Waals surface area (Å²) in [6.07, 6.45) is 3.54. The minimum Gasteiger partial charge on any atom is -0.459 e. The molecule has 2 aromatic carbocycles. The number of anilines is 1. The summed E-state index contributed by atoms with van der Waals surface area (Å²) in [7, 11) is 0. The standard InChI is InChI=1S/C22H19N3O3/c1-2-6-15-7-3-8-16(13-15)20(26)23-18-10-4-9-17(14-18)21-24-25-22(28-21)19-11-5-12-27-19/h3-5,7-14H,2,6H2,1H3,(H,23,26). The molecule has 0 saturated heterocycles. The van der Waals surface area contributed by atoms with Crippen molar-refractivity contribution < 1.29 is 13.6 Å². The van der Waals surface area contributed by atoms with Crippen molar-refractivity contribution in [3.63, 3.8) is 0 Å². The highest BCUT2D eigenvalue weighted by molar-refractivity contribution is 6.04. The predicted molar refractivity (Wildman–Crippen MR) is 106 cm³/mol. The fraction of sp³-hybridized carbons (Fsp3) is 0.136. The van der Waals surface area contributed by atoms with Gasteiger partial charge in [0, 0.05) is 16.8 Å². The highest BCUT2D eigenvalue weighted by atomic mass is 16.4. The Bertz CT molecular complexity index is 1080. The van der Waals surface area contributed by atoms with Crippen molar-refractivity contribution in [1.29, 1.82) is 0 Å². The molecule has 0 spiro atoms. The number of hydrogen-bond donors (Lipinski definition) is 1. The summed E-state index contributed by atoms with van der Waals surface area (Å²) in [4.78, 5) is 12.6. The maximum Gasteiger partial charge on any atom is 0.283 e. The van der Waals surface area contributed by atoms with E-state index in [2.05, 4.69) is 22.4 Å². The molecule has 1 amide bonds. The SMILES string of the molecule is CCCc1cccc(C(=O)Nc2cccc(-c3nnc(-c4ccco4)o3)c2)c1. The van der Waals surface area contributed by atoms with Crippen LogP contribution in [0.2, 0.25) is 0 Å². The van der Waals surface area contributed by atoms with E-state index in [4.69, 9.17) is 8.83 Å². The lowest BCUT2D eigenvalue weighted by atomic mass is 10.1. The maximum absolute atomic E-state index is 12.6. The van der Waals surface area contributed by atoms with Gasteiger partial charge < -0.3 is 14.2 Å². The maximum atomic E-state index is 12.6. The zero-order valence-electron chi connectivity index (χ0n) is 15.4. The molecule has 0 aliphatic carbocycles. The molecule has 0 aliphatic rings. The number of carbonyl (C=O) groups excluding carboxylic acids is 1. The number of rotatable bonds is 6. The summed E-state index contributed by atoms with van der Waals surface area (Å²) >= 11 is 0. The third kappa shape index (κ3) is 3.86. The molecule has 0 aliphatic heterocycles. The van der Waals surface area contributed by atoms with E-state index in [1.807, 2.05) is 42.5 Å². The largest absolute Gasteiger partial charge is 0.459 e. The Balaban J connectivity index is 1.53. The molecule has 0 fully saturated rings. The van der Waals surface area contributed by atoms with Crippen LogP contribution in [-0.2, 0) is 6.42 Å². The molecule has 0 radical (unpaired) electrons. The number of amides is 1. The van der Waals surface area contributed by atoms with Crippen molar-refractivity contribution in [2.24, 2.45) is 0 Å². The normalized spacial score (nSPS) is 10.8. The first-order chi connectivity index (χ1) is 13.7. The van der Waals surface area contributed by atoms with Gasteiger partial charge in [-0.05, 0) is 54.4 Å². The quantitative estimate of drug-likeness (QED) is 0.502. The van der Waals surface area contributed by atoms with Crippen LogP contribution in [0.1, 0.15) is 29.3 Å². The first-order valence-electron chi connectivity index (χ1n) is 9.11. The van der Waals surface area contributed by atoms with Crippen LogP contribution in [0, 0.1) is 0 Å². The molecule has 28 heavy (non-hydrogen) atoms. The molecular weight excluding hydrogens is 354 g/mol. The summed E-state index contributed by atoms with van der Waals surface area (Å²) in [6.45, 7) is 2.12. The fourth-order valence-corrected chi connectivity index (χ4v) is 2.93. The van der Waals surface area contributed by atoms with Gasteiger partial charge in [-0.25, -0.2) is 0 Å². The molecular formula is C22H19N3O3. The van der Waals surface area contributed by atoms with E-state index in [0.29, 0.717) is 34.4 Å². The van der Waals surface area contributed by atoms with Crippen molar-refractivity contribution in [2.75, 3.05) is 5.32 Å². The number of carbonyl (C=O) groups is 1. The number of benzene rings is 2. The number of aromatic nitrogens is 2. The lowest BCUT2D eigenvalue weighted by Gasteiger charge is -2.07. The zero-order valence-corrected chi connectivity index (χ0v) is 15.4. The number of aryl methyl sites for hydroxylation is 1. The fourth-order valence-electron chi connectivity index (χ4n) is 2.93. The Morgan fingerprint density at radius 1 is 1.00 bits per heavy atom. The summed E-state index contributed by atoms with van der Waals surface area (Å²) in [5.41, 5.74) is 3.15. The van der Waals surface area contributed by atoms with Crippen LogP contribution >= 0.6 is 0 Å². The van der Waals surface area contributed by atoms with Gasteiger partial charge in [0.05, 0.1) is 6.26 Å². The van der Waals surface area contributed by atoms with Gasteiger partial charge >= 0.3 is 0 Å². The molecule has 2 heterocycles. The van der Waals surface area contributed by atoms with Gasteiger partial charge in [0.2, 0.25) is 5.89 Å². The first-order valence-corrected chi connectivity index (χ1v) is 9.11. The minimum absolute atomic E-state index is 0.156. The van der Waals surface area contributed by atoms with E-state index < -0.39 is 0 Å². The van der Waals surface area contributed by atoms with Crippen molar-refractivity contribution in [3.8, 4) is 23.1 Å². The van der Waals surface area contributed by atoms with Crippen molar-refractivity contribution in [2.45, 2.75) is 19.8 Å². The van der Waals surface area contributed by atoms with Gasteiger partial charge in [0.25, 0.3) is 11.8 Å². The lowest BCUT2D eigenvalue weighted by molar-refractivity contribution is 0.102. The van der Waals surface area contributed by atoms with Crippen LogP contribution in [-0.4, -0.2) is 16.1 Å². The molecule has 0 saturated carbocycles. The van der Waals surface area contributed by atoms with Gasteiger partial charge in [-0.2, -0.15) is 0 Å². The van der Waals surface area contributed by atoms with Gasteiger partial charge in [0.15, 0.2) is 5.76 Å². The van der Waals surface area contributed by atoms with Crippen LogP contribution < -0.4 is 5.32 Å². The van der Waals surface area contributed by atoms with Gasteiger partial charge in [0.1, 0.15) is 0 Å². The van der Waals surface area contributed by atoms with E-state index >= 15 is 0 Å². The average Bonchev–Trinajstić information content (AvgIpc) is 3.40. The van der Waals surface area contributed by atoms with E-state index in [-0.39, 0.29) is 5.91 Å². The monoisotopic (exact) mass is 373 g/mol. The van der Waals surface area contributed by atoms with Gasteiger partial charge in [-0.15, -0.1) is 10.2 Å². The predicted octanol–water partition coefficient (Wildman–Crippen LogP) is 5.20. The second kappa shape index (κ2) is 7.92. The highest BCUT2D eigenvalue weighted by Gasteiger charge is 2.13. The summed E-state index contributed by atoms with van der Waals surface area (Å²) in [5.74, 6) is 1.02. The number of furan rings is 1. The second-order valence-corrected chi connectivity index (χ2v) is 6.37. The Labute approximate surface area is 162 Å². The molecule has 4 rings (SSSR count). The summed E-state index contributed by atoms with van der Waals surface area (Å²) in [6, 6.07) is 18.5. The Morgan fingerprint density at radius 2 is 1.86 bits per heavy atom. The van der Waals surface area contributed by atoms with Crippen molar-refractivity contribution in [1.82, 2.24) is 10.2 Å². The Morgan fingerprint density at radius 3 is 2.68 bits per heavy atom. The molecule has 2 aromatic heterocycles. The highest BCUT2D eigenvalue weighted by Crippen LogP contribution is 2.26.